The van der Waals surface area contributed by atoms with Crippen LogP contribution in [0.5, 0.6) is 0 Å². The van der Waals surface area contributed by atoms with E-state index < -0.39 is 0 Å². The lowest BCUT2D eigenvalue weighted by atomic mass is 9.84. The van der Waals surface area contributed by atoms with Gasteiger partial charge in [-0.2, -0.15) is 0 Å². The number of nitrogens with zero attached hydrogens (tertiary/aromatic N) is 1. The van der Waals surface area contributed by atoms with E-state index >= 15 is 0 Å². The van der Waals surface area contributed by atoms with Crippen molar-refractivity contribution in [3.63, 3.8) is 0 Å². The first-order valence-electron chi connectivity index (χ1n) is 7.19. The molecule has 4 nitrogen and oxygen atoms in total. The molecule has 0 aliphatic carbocycles. The summed E-state index contributed by atoms with van der Waals surface area (Å²) < 4.78 is 18.0. The van der Waals surface area contributed by atoms with Crippen LogP contribution in [0.1, 0.15) is 25.8 Å². The summed E-state index contributed by atoms with van der Waals surface area (Å²) in [5.74, 6) is 0.555. The molecule has 0 aliphatic heterocycles. The molecule has 1 aromatic carbocycles. The van der Waals surface area contributed by atoms with Gasteiger partial charge in [-0.1, -0.05) is 26.0 Å². The summed E-state index contributed by atoms with van der Waals surface area (Å²) in [5.41, 5.74) is 0.976. The van der Waals surface area contributed by atoms with Crippen LogP contribution in [0, 0.1) is 5.82 Å². The molecule has 0 unspecified atom stereocenters. The summed E-state index contributed by atoms with van der Waals surface area (Å²) in [6, 6.07) is 6.64. The van der Waals surface area contributed by atoms with Crippen LogP contribution >= 0.6 is 0 Å². The van der Waals surface area contributed by atoms with Gasteiger partial charge in [0.05, 0.1) is 0 Å². The molecule has 21 heavy (non-hydrogen) atoms. The standard InChI is InChI=1S/C16H26FN3O/c1-16(2,13-6-8-14(17)9-7-13)12-20-15(18-3)19-10-5-11-21-4/h6-9H,5,10-12H2,1-4H3,(H2,18,19,20). The second-order valence-corrected chi connectivity index (χ2v) is 5.59. The molecule has 0 heterocycles. The van der Waals surface area contributed by atoms with E-state index in [-0.39, 0.29) is 11.2 Å². The van der Waals surface area contributed by atoms with E-state index in [1.807, 2.05) is 12.1 Å². The van der Waals surface area contributed by atoms with Gasteiger partial charge in [0.2, 0.25) is 0 Å². The van der Waals surface area contributed by atoms with Gasteiger partial charge in [-0.25, -0.2) is 4.39 Å². The van der Waals surface area contributed by atoms with Crippen LogP contribution in [0.4, 0.5) is 4.39 Å². The lowest BCUT2D eigenvalue weighted by Gasteiger charge is -2.26. The average Bonchev–Trinajstić information content (AvgIpc) is 2.47. The quantitative estimate of drug-likeness (QED) is 0.461. The van der Waals surface area contributed by atoms with Crippen molar-refractivity contribution >= 4 is 5.96 Å². The zero-order valence-corrected chi connectivity index (χ0v) is 13.4. The number of ether oxygens (including phenoxy) is 1. The second kappa shape index (κ2) is 8.62. The summed E-state index contributed by atoms with van der Waals surface area (Å²) >= 11 is 0. The van der Waals surface area contributed by atoms with Crippen molar-refractivity contribution in [2.45, 2.75) is 25.7 Å². The highest BCUT2D eigenvalue weighted by Gasteiger charge is 2.20. The molecule has 2 N–H and O–H groups in total. The number of rotatable bonds is 7. The lowest BCUT2D eigenvalue weighted by Crippen LogP contribution is -2.43. The third kappa shape index (κ3) is 6.12. The summed E-state index contributed by atoms with van der Waals surface area (Å²) in [6.45, 7) is 6.48. The SMILES string of the molecule is CN=C(NCCCOC)NCC(C)(C)c1ccc(F)cc1. The van der Waals surface area contributed by atoms with E-state index in [9.17, 15) is 4.39 Å². The Hall–Kier alpha value is -1.62. The van der Waals surface area contributed by atoms with Crippen molar-refractivity contribution in [3.05, 3.63) is 35.6 Å². The zero-order valence-electron chi connectivity index (χ0n) is 13.4. The third-order valence-electron chi connectivity index (χ3n) is 3.36. The van der Waals surface area contributed by atoms with Crippen LogP contribution in [-0.4, -0.2) is 39.8 Å². The van der Waals surface area contributed by atoms with Crippen molar-refractivity contribution in [1.82, 2.24) is 10.6 Å². The Morgan fingerprint density at radius 3 is 2.48 bits per heavy atom. The van der Waals surface area contributed by atoms with Gasteiger partial charge in [0.25, 0.3) is 0 Å². The number of benzene rings is 1. The second-order valence-electron chi connectivity index (χ2n) is 5.59. The summed E-state index contributed by atoms with van der Waals surface area (Å²) in [7, 11) is 3.44. The molecule has 0 amide bonds. The molecule has 0 bridgehead atoms. The van der Waals surface area contributed by atoms with E-state index in [0.29, 0.717) is 6.54 Å². The molecule has 0 aromatic heterocycles. The minimum atomic E-state index is -0.210. The van der Waals surface area contributed by atoms with Crippen LogP contribution in [0.25, 0.3) is 0 Å². The van der Waals surface area contributed by atoms with Crippen molar-refractivity contribution in [1.29, 1.82) is 0 Å². The smallest absolute Gasteiger partial charge is 0.191 e. The topological polar surface area (TPSA) is 45.7 Å². The Morgan fingerprint density at radius 1 is 1.24 bits per heavy atom. The van der Waals surface area contributed by atoms with Gasteiger partial charge >= 0.3 is 0 Å². The predicted molar refractivity (Wildman–Crippen MR) is 85.3 cm³/mol. The molecule has 1 rings (SSSR count). The first-order valence-corrected chi connectivity index (χ1v) is 7.19. The van der Waals surface area contributed by atoms with Crippen LogP contribution in [0.3, 0.4) is 0 Å². The fourth-order valence-corrected chi connectivity index (χ4v) is 1.95. The zero-order chi connectivity index (χ0) is 15.7. The number of nitrogens with one attached hydrogen (secondary N) is 2. The summed E-state index contributed by atoms with van der Waals surface area (Å²) in [6.07, 6.45) is 0.929. The maximum atomic E-state index is 13.0. The minimum absolute atomic E-state index is 0.113. The van der Waals surface area contributed by atoms with Gasteiger partial charge in [-0.05, 0) is 24.1 Å². The first-order chi connectivity index (χ1) is 9.99. The van der Waals surface area contributed by atoms with Crippen molar-refractivity contribution in [2.75, 3.05) is 33.9 Å². The van der Waals surface area contributed by atoms with E-state index in [2.05, 4.69) is 29.5 Å². The fourth-order valence-electron chi connectivity index (χ4n) is 1.95. The van der Waals surface area contributed by atoms with Gasteiger partial charge in [0, 0.05) is 39.3 Å². The molecule has 5 heteroatoms. The number of methoxy groups -OCH3 is 1. The molecule has 0 fully saturated rings. The Labute approximate surface area is 126 Å². The van der Waals surface area contributed by atoms with E-state index in [4.69, 9.17) is 4.74 Å². The summed E-state index contributed by atoms with van der Waals surface area (Å²) in [4.78, 5) is 4.19. The number of guanidine groups is 1. The molecule has 0 atom stereocenters. The van der Waals surface area contributed by atoms with Crippen molar-refractivity contribution in [3.8, 4) is 0 Å². The number of hydrogen-bond donors (Lipinski definition) is 2. The first kappa shape index (κ1) is 17.4. The Bertz CT molecular complexity index is 443. The number of aliphatic imine (C=N–C) groups is 1. The Kier molecular flexibility index (Phi) is 7.15. The van der Waals surface area contributed by atoms with Gasteiger partial charge in [0.15, 0.2) is 5.96 Å². The monoisotopic (exact) mass is 295 g/mol. The molecule has 0 spiro atoms. The average molecular weight is 295 g/mol. The minimum Gasteiger partial charge on any atom is -0.385 e. The van der Waals surface area contributed by atoms with Crippen LogP contribution in [0.2, 0.25) is 0 Å². The van der Waals surface area contributed by atoms with Gasteiger partial charge in [-0.15, -0.1) is 0 Å². The highest BCUT2D eigenvalue weighted by molar-refractivity contribution is 5.79. The Morgan fingerprint density at radius 2 is 1.90 bits per heavy atom. The molecule has 0 saturated carbocycles. The molecular weight excluding hydrogens is 269 g/mol. The van der Waals surface area contributed by atoms with E-state index in [0.717, 1.165) is 31.1 Å². The molecular formula is C16H26FN3O. The lowest BCUT2D eigenvalue weighted by molar-refractivity contribution is 0.195. The molecule has 118 valence electrons. The van der Waals surface area contributed by atoms with Gasteiger partial charge in [-0.3, -0.25) is 4.99 Å². The van der Waals surface area contributed by atoms with E-state index in [1.165, 1.54) is 12.1 Å². The van der Waals surface area contributed by atoms with Crippen LogP contribution in [0.15, 0.2) is 29.3 Å². The predicted octanol–water partition coefficient (Wildman–Crippen LogP) is 2.30. The third-order valence-corrected chi connectivity index (χ3v) is 3.36. The van der Waals surface area contributed by atoms with Crippen LogP contribution in [-0.2, 0) is 10.2 Å². The maximum Gasteiger partial charge on any atom is 0.191 e. The maximum absolute atomic E-state index is 13.0. The summed E-state index contributed by atoms with van der Waals surface area (Å²) in [5, 5.41) is 6.54. The van der Waals surface area contributed by atoms with E-state index in [1.54, 1.807) is 14.2 Å². The fraction of sp³-hybridized carbons (Fsp3) is 0.562. The molecule has 0 saturated heterocycles. The highest BCUT2D eigenvalue weighted by Crippen LogP contribution is 2.22. The normalized spacial score (nSPS) is 12.3. The molecule has 1 aromatic rings. The Balaban J connectivity index is 2.49. The van der Waals surface area contributed by atoms with Gasteiger partial charge < -0.3 is 15.4 Å². The molecule has 0 aliphatic rings. The largest absolute Gasteiger partial charge is 0.385 e. The van der Waals surface area contributed by atoms with Crippen LogP contribution < -0.4 is 10.6 Å². The molecule has 0 radical (unpaired) electrons. The number of halogens is 1. The van der Waals surface area contributed by atoms with Crippen molar-refractivity contribution < 1.29 is 9.13 Å². The highest BCUT2D eigenvalue weighted by atomic mass is 19.1. The van der Waals surface area contributed by atoms with Gasteiger partial charge in [0.1, 0.15) is 5.82 Å². The van der Waals surface area contributed by atoms with Crippen molar-refractivity contribution in [2.24, 2.45) is 4.99 Å². The number of hydrogen-bond acceptors (Lipinski definition) is 2.